The van der Waals surface area contributed by atoms with Crippen molar-refractivity contribution in [2.24, 2.45) is 5.73 Å². The monoisotopic (exact) mass is 193 g/mol. The molecule has 1 spiro atoms. The van der Waals surface area contributed by atoms with Gasteiger partial charge in [0.25, 0.3) is 0 Å². The Morgan fingerprint density at radius 2 is 2.21 bits per heavy atom. The molecular weight excluding hydrogens is 181 g/mol. The summed E-state index contributed by atoms with van der Waals surface area (Å²) in [6.07, 6.45) is 2.84. The van der Waals surface area contributed by atoms with Crippen molar-refractivity contribution >= 4 is 0 Å². The van der Waals surface area contributed by atoms with Gasteiger partial charge in [-0.05, 0) is 18.9 Å². The first-order chi connectivity index (χ1) is 6.70. The van der Waals surface area contributed by atoms with Crippen molar-refractivity contribution < 1.29 is 9.13 Å². The molecular formula is C11H12FNO. The molecule has 14 heavy (non-hydrogen) atoms. The van der Waals surface area contributed by atoms with Crippen molar-refractivity contribution in [3.05, 3.63) is 29.6 Å². The number of benzene rings is 1. The molecule has 0 bridgehead atoms. The molecule has 1 saturated carbocycles. The van der Waals surface area contributed by atoms with Gasteiger partial charge in [0.15, 0.2) is 11.6 Å². The van der Waals surface area contributed by atoms with E-state index in [-0.39, 0.29) is 17.5 Å². The first-order valence-corrected chi connectivity index (χ1v) is 4.93. The van der Waals surface area contributed by atoms with E-state index in [0.29, 0.717) is 5.75 Å². The van der Waals surface area contributed by atoms with Gasteiger partial charge in [0.2, 0.25) is 0 Å². The third-order valence-corrected chi connectivity index (χ3v) is 3.12. The highest BCUT2D eigenvalue weighted by molar-refractivity contribution is 5.41. The summed E-state index contributed by atoms with van der Waals surface area (Å²) < 4.78 is 19.1. The first kappa shape index (κ1) is 8.24. The van der Waals surface area contributed by atoms with Gasteiger partial charge in [0.1, 0.15) is 5.60 Å². The maximum absolute atomic E-state index is 13.4. The number of halogens is 1. The molecule has 2 nitrogen and oxygen atoms in total. The van der Waals surface area contributed by atoms with Gasteiger partial charge < -0.3 is 10.5 Å². The van der Waals surface area contributed by atoms with Gasteiger partial charge in [-0.3, -0.25) is 0 Å². The Kier molecular flexibility index (Phi) is 1.46. The number of para-hydroxylation sites is 1. The molecule has 2 N–H and O–H groups in total. The molecule has 0 radical (unpaired) electrons. The van der Waals surface area contributed by atoms with E-state index in [0.717, 1.165) is 24.8 Å². The smallest absolute Gasteiger partial charge is 0.165 e. The summed E-state index contributed by atoms with van der Waals surface area (Å²) in [7, 11) is 0. The van der Waals surface area contributed by atoms with Crippen LogP contribution < -0.4 is 10.5 Å². The number of fused-ring (bicyclic) bond motifs is 1. The van der Waals surface area contributed by atoms with Crippen LogP contribution in [-0.2, 0) is 0 Å². The Labute approximate surface area is 81.9 Å². The molecule has 74 valence electrons. The Hall–Kier alpha value is -1.09. The maximum Gasteiger partial charge on any atom is 0.165 e. The molecule has 3 heteroatoms. The van der Waals surface area contributed by atoms with Crippen LogP contribution in [0.15, 0.2) is 18.2 Å². The average molecular weight is 193 g/mol. The van der Waals surface area contributed by atoms with E-state index in [1.54, 1.807) is 6.07 Å². The Balaban J connectivity index is 2.10. The van der Waals surface area contributed by atoms with E-state index in [4.69, 9.17) is 10.5 Å². The molecule has 3 rings (SSSR count). The third kappa shape index (κ3) is 1.05. The van der Waals surface area contributed by atoms with Crippen molar-refractivity contribution in [2.75, 3.05) is 0 Å². The van der Waals surface area contributed by atoms with E-state index in [2.05, 4.69) is 0 Å². The van der Waals surface area contributed by atoms with Crippen molar-refractivity contribution in [1.29, 1.82) is 0 Å². The SMILES string of the molecule is NC1CC2(CC2)Oc2c(F)cccc21. The molecule has 1 fully saturated rings. The fourth-order valence-electron chi connectivity index (χ4n) is 2.14. The lowest BCUT2D eigenvalue weighted by Crippen LogP contribution is -2.31. The molecule has 1 aliphatic carbocycles. The lowest BCUT2D eigenvalue weighted by molar-refractivity contribution is 0.129. The molecule has 1 aromatic carbocycles. The van der Waals surface area contributed by atoms with Crippen LogP contribution in [-0.4, -0.2) is 5.60 Å². The van der Waals surface area contributed by atoms with Crippen LogP contribution in [0.2, 0.25) is 0 Å². The van der Waals surface area contributed by atoms with Crippen LogP contribution in [0, 0.1) is 5.82 Å². The topological polar surface area (TPSA) is 35.2 Å². The van der Waals surface area contributed by atoms with E-state index >= 15 is 0 Å². The van der Waals surface area contributed by atoms with Crippen LogP contribution >= 0.6 is 0 Å². The summed E-state index contributed by atoms with van der Waals surface area (Å²) in [5.41, 5.74) is 6.66. The molecule has 1 aromatic rings. The van der Waals surface area contributed by atoms with Crippen molar-refractivity contribution in [3.63, 3.8) is 0 Å². The predicted molar refractivity (Wildman–Crippen MR) is 50.5 cm³/mol. The second-order valence-electron chi connectivity index (χ2n) is 4.25. The lowest BCUT2D eigenvalue weighted by Gasteiger charge is -2.30. The van der Waals surface area contributed by atoms with Gasteiger partial charge in [-0.1, -0.05) is 12.1 Å². The molecule has 1 heterocycles. The lowest BCUT2D eigenvalue weighted by atomic mass is 9.96. The quantitative estimate of drug-likeness (QED) is 0.685. The minimum atomic E-state index is -0.288. The van der Waals surface area contributed by atoms with Gasteiger partial charge in [0, 0.05) is 18.0 Å². The number of hydrogen-bond donors (Lipinski definition) is 1. The summed E-state index contributed by atoms with van der Waals surface area (Å²) in [5.74, 6) is 0.0904. The van der Waals surface area contributed by atoms with Crippen LogP contribution in [0.3, 0.4) is 0 Å². The number of nitrogens with two attached hydrogens (primary N) is 1. The summed E-state index contributed by atoms with van der Waals surface area (Å²) in [4.78, 5) is 0. The standard InChI is InChI=1S/C11H12FNO/c12-8-3-1-2-7-9(13)6-11(4-5-11)14-10(7)8/h1-3,9H,4-6,13H2. The van der Waals surface area contributed by atoms with Crippen LogP contribution in [0.4, 0.5) is 4.39 Å². The van der Waals surface area contributed by atoms with Gasteiger partial charge in [-0.25, -0.2) is 4.39 Å². The molecule has 2 aliphatic rings. The Morgan fingerprint density at radius 3 is 2.93 bits per heavy atom. The van der Waals surface area contributed by atoms with E-state index in [1.165, 1.54) is 6.07 Å². The summed E-state index contributed by atoms with van der Waals surface area (Å²) in [6.45, 7) is 0. The molecule has 0 saturated heterocycles. The third-order valence-electron chi connectivity index (χ3n) is 3.12. The minimum absolute atomic E-state index is 0.0723. The van der Waals surface area contributed by atoms with Crippen LogP contribution in [0.1, 0.15) is 30.9 Å². The highest BCUT2D eigenvalue weighted by atomic mass is 19.1. The van der Waals surface area contributed by atoms with Gasteiger partial charge in [0.05, 0.1) is 0 Å². The molecule has 0 aromatic heterocycles. The van der Waals surface area contributed by atoms with Crippen LogP contribution in [0.5, 0.6) is 5.75 Å². The normalized spacial score (nSPS) is 26.9. The predicted octanol–water partition coefficient (Wildman–Crippen LogP) is 2.14. The average Bonchev–Trinajstić information content (AvgIpc) is 2.88. The summed E-state index contributed by atoms with van der Waals surface area (Å²) >= 11 is 0. The molecule has 1 atom stereocenters. The number of hydrogen-bond acceptors (Lipinski definition) is 2. The van der Waals surface area contributed by atoms with E-state index in [9.17, 15) is 4.39 Å². The Morgan fingerprint density at radius 1 is 1.43 bits per heavy atom. The Bertz CT molecular complexity index is 387. The second-order valence-corrected chi connectivity index (χ2v) is 4.25. The second kappa shape index (κ2) is 2.48. The highest BCUT2D eigenvalue weighted by Crippen LogP contribution is 2.51. The van der Waals surface area contributed by atoms with E-state index in [1.807, 2.05) is 6.07 Å². The molecule has 1 aliphatic heterocycles. The fraction of sp³-hybridized carbons (Fsp3) is 0.455. The fourth-order valence-corrected chi connectivity index (χ4v) is 2.14. The summed E-state index contributed by atoms with van der Waals surface area (Å²) in [5, 5.41) is 0. The zero-order chi connectivity index (χ0) is 9.76. The number of ether oxygens (including phenoxy) is 1. The zero-order valence-electron chi connectivity index (χ0n) is 7.79. The molecule has 1 unspecified atom stereocenters. The van der Waals surface area contributed by atoms with Gasteiger partial charge in [-0.2, -0.15) is 0 Å². The van der Waals surface area contributed by atoms with Crippen molar-refractivity contribution in [2.45, 2.75) is 30.9 Å². The molecule has 0 amide bonds. The largest absolute Gasteiger partial charge is 0.484 e. The number of rotatable bonds is 0. The van der Waals surface area contributed by atoms with Crippen molar-refractivity contribution in [1.82, 2.24) is 0 Å². The van der Waals surface area contributed by atoms with Crippen molar-refractivity contribution in [3.8, 4) is 5.75 Å². The maximum atomic E-state index is 13.4. The highest BCUT2D eigenvalue weighted by Gasteiger charge is 2.50. The zero-order valence-corrected chi connectivity index (χ0v) is 7.79. The summed E-state index contributed by atoms with van der Waals surface area (Å²) in [6, 6.07) is 4.88. The van der Waals surface area contributed by atoms with Gasteiger partial charge >= 0.3 is 0 Å². The van der Waals surface area contributed by atoms with Gasteiger partial charge in [-0.15, -0.1) is 0 Å². The minimum Gasteiger partial charge on any atom is -0.484 e. The van der Waals surface area contributed by atoms with Crippen LogP contribution in [0.25, 0.3) is 0 Å². The first-order valence-electron chi connectivity index (χ1n) is 4.93. The van der Waals surface area contributed by atoms with E-state index < -0.39 is 0 Å².